The average molecular weight is 427 g/mol. The summed E-state index contributed by atoms with van der Waals surface area (Å²) in [5, 5.41) is 18.6. The molecule has 0 bridgehead atoms. The Morgan fingerprint density at radius 2 is 1.93 bits per heavy atom. The molecule has 0 aliphatic carbocycles. The van der Waals surface area contributed by atoms with Crippen molar-refractivity contribution in [1.82, 2.24) is 25.0 Å². The van der Waals surface area contributed by atoms with Crippen molar-refractivity contribution in [2.75, 3.05) is 13.2 Å². The predicted octanol–water partition coefficient (Wildman–Crippen LogP) is 1.32. The van der Waals surface area contributed by atoms with Gasteiger partial charge in [-0.25, -0.2) is 4.79 Å². The van der Waals surface area contributed by atoms with Gasteiger partial charge in [-0.1, -0.05) is 30.3 Å². The summed E-state index contributed by atoms with van der Waals surface area (Å²) in [6.45, 7) is -0.683. The van der Waals surface area contributed by atoms with E-state index in [-0.39, 0.29) is 38.5 Å². The highest BCUT2D eigenvalue weighted by Crippen LogP contribution is 2.29. The molecule has 0 radical (unpaired) electrons. The maximum absolute atomic E-state index is 12.9. The van der Waals surface area contributed by atoms with E-state index in [0.717, 1.165) is 10.1 Å². The van der Waals surface area contributed by atoms with Crippen LogP contribution in [0, 0.1) is 0 Å². The number of carbonyl (C=O) groups excluding carboxylic acids is 2. The third-order valence-electron chi connectivity index (χ3n) is 4.54. The third-order valence-corrected chi connectivity index (χ3v) is 4.54. The number of benzene rings is 1. The summed E-state index contributed by atoms with van der Waals surface area (Å²) >= 11 is 0. The number of nitrogens with one attached hydrogen (secondary N) is 1. The van der Waals surface area contributed by atoms with Gasteiger partial charge in [-0.3, -0.25) is 4.79 Å². The first-order valence-corrected chi connectivity index (χ1v) is 9.13. The fraction of sp³-hybridized carbons (Fsp3) is 0.444. The SMILES string of the molecule is O=C(N[C@H](CO)CC(=O)N1CCn2c(nnc2C(F)(F)F)C1)OCc1ccccc1. The number of aromatic nitrogens is 3. The number of hydrogen-bond acceptors (Lipinski definition) is 6. The number of rotatable bonds is 6. The lowest BCUT2D eigenvalue weighted by molar-refractivity contribution is -0.148. The minimum atomic E-state index is -4.62. The Hall–Kier alpha value is -3.15. The number of alkyl carbamates (subject to hydrolysis) is 1. The van der Waals surface area contributed by atoms with Gasteiger partial charge in [-0.15, -0.1) is 10.2 Å². The summed E-state index contributed by atoms with van der Waals surface area (Å²) in [5.74, 6) is -1.52. The molecule has 2 heterocycles. The topological polar surface area (TPSA) is 110 Å². The van der Waals surface area contributed by atoms with Gasteiger partial charge in [-0.2, -0.15) is 13.2 Å². The second-order valence-electron chi connectivity index (χ2n) is 6.69. The molecule has 1 atom stereocenters. The zero-order valence-corrected chi connectivity index (χ0v) is 15.8. The van der Waals surface area contributed by atoms with Crippen LogP contribution < -0.4 is 5.32 Å². The number of fused-ring (bicyclic) bond motifs is 1. The molecule has 12 heteroatoms. The molecular formula is C18H20F3N5O4. The van der Waals surface area contributed by atoms with Crippen LogP contribution in [0.4, 0.5) is 18.0 Å². The van der Waals surface area contributed by atoms with Crippen LogP contribution in [-0.4, -0.2) is 56.0 Å². The highest BCUT2D eigenvalue weighted by molar-refractivity contribution is 5.78. The van der Waals surface area contributed by atoms with Gasteiger partial charge < -0.3 is 24.6 Å². The molecule has 1 aromatic heterocycles. The van der Waals surface area contributed by atoms with E-state index in [1.807, 2.05) is 6.07 Å². The van der Waals surface area contributed by atoms with Crippen molar-refractivity contribution in [3.8, 4) is 0 Å². The summed E-state index contributed by atoms with van der Waals surface area (Å²) in [4.78, 5) is 25.7. The van der Waals surface area contributed by atoms with E-state index in [9.17, 15) is 27.9 Å². The largest absolute Gasteiger partial charge is 0.451 e. The number of nitrogens with zero attached hydrogens (tertiary/aromatic N) is 4. The first-order chi connectivity index (χ1) is 14.3. The second kappa shape index (κ2) is 9.11. The molecule has 1 aliphatic rings. The fourth-order valence-electron chi connectivity index (χ4n) is 3.01. The van der Waals surface area contributed by atoms with Crippen molar-refractivity contribution in [2.45, 2.75) is 38.3 Å². The second-order valence-corrected chi connectivity index (χ2v) is 6.69. The van der Waals surface area contributed by atoms with Gasteiger partial charge in [-0.05, 0) is 5.56 Å². The Kier molecular flexibility index (Phi) is 6.55. The number of hydrogen-bond donors (Lipinski definition) is 2. The fourth-order valence-corrected chi connectivity index (χ4v) is 3.01. The number of ether oxygens (including phenoxy) is 1. The first-order valence-electron chi connectivity index (χ1n) is 9.13. The van der Waals surface area contributed by atoms with Gasteiger partial charge in [0.1, 0.15) is 6.61 Å². The van der Waals surface area contributed by atoms with Crippen LogP contribution in [0.5, 0.6) is 0 Å². The molecule has 9 nitrogen and oxygen atoms in total. The van der Waals surface area contributed by atoms with Crippen LogP contribution in [0.2, 0.25) is 0 Å². The Morgan fingerprint density at radius 1 is 1.20 bits per heavy atom. The van der Waals surface area contributed by atoms with E-state index in [2.05, 4.69) is 15.5 Å². The van der Waals surface area contributed by atoms with Crippen LogP contribution in [0.1, 0.15) is 23.6 Å². The van der Waals surface area contributed by atoms with E-state index in [1.54, 1.807) is 24.3 Å². The highest BCUT2D eigenvalue weighted by atomic mass is 19.4. The highest BCUT2D eigenvalue weighted by Gasteiger charge is 2.40. The van der Waals surface area contributed by atoms with Crippen molar-refractivity contribution >= 4 is 12.0 Å². The number of halogens is 3. The molecule has 1 aliphatic heterocycles. The van der Waals surface area contributed by atoms with Gasteiger partial charge in [0.2, 0.25) is 11.7 Å². The minimum Gasteiger partial charge on any atom is -0.445 e. The summed E-state index contributed by atoms with van der Waals surface area (Å²) in [6, 6.07) is 8.07. The predicted molar refractivity (Wildman–Crippen MR) is 95.7 cm³/mol. The van der Waals surface area contributed by atoms with Gasteiger partial charge >= 0.3 is 12.3 Å². The Labute approximate surface area is 169 Å². The molecule has 2 aromatic rings. The molecule has 0 saturated carbocycles. The molecule has 3 rings (SSSR count). The van der Waals surface area contributed by atoms with Gasteiger partial charge in [0, 0.05) is 19.5 Å². The molecule has 1 aromatic carbocycles. The van der Waals surface area contributed by atoms with Crippen LogP contribution >= 0.6 is 0 Å². The summed E-state index contributed by atoms with van der Waals surface area (Å²) < 4.78 is 44.7. The maximum atomic E-state index is 12.9. The standard InChI is InChI=1S/C18H20F3N5O4/c19-18(20,21)16-24-23-14-9-25(6-7-26(14)16)15(28)8-13(10-27)22-17(29)30-11-12-4-2-1-3-5-12/h1-5,13,27H,6-11H2,(H,22,29)/t13-/m0/s1. The van der Waals surface area contributed by atoms with Crippen molar-refractivity contribution < 1.29 is 32.6 Å². The van der Waals surface area contributed by atoms with Gasteiger partial charge in [0.25, 0.3) is 0 Å². The van der Waals surface area contributed by atoms with Crippen LogP contribution in [0.15, 0.2) is 30.3 Å². The van der Waals surface area contributed by atoms with Crippen LogP contribution in [-0.2, 0) is 35.4 Å². The quantitative estimate of drug-likeness (QED) is 0.720. The van der Waals surface area contributed by atoms with Crippen molar-refractivity contribution in [1.29, 1.82) is 0 Å². The van der Waals surface area contributed by atoms with Crippen LogP contribution in [0.25, 0.3) is 0 Å². The molecule has 0 saturated heterocycles. The molecule has 0 fully saturated rings. The smallest absolute Gasteiger partial charge is 0.445 e. The average Bonchev–Trinajstić information content (AvgIpc) is 3.16. The monoisotopic (exact) mass is 427 g/mol. The van der Waals surface area contributed by atoms with Gasteiger partial charge in [0.15, 0.2) is 5.82 Å². The Bertz CT molecular complexity index is 888. The molecule has 162 valence electrons. The lowest BCUT2D eigenvalue weighted by atomic mass is 10.2. The molecule has 30 heavy (non-hydrogen) atoms. The Morgan fingerprint density at radius 3 is 2.60 bits per heavy atom. The summed E-state index contributed by atoms with van der Waals surface area (Å²) in [7, 11) is 0. The minimum absolute atomic E-state index is 0.0257. The van der Waals surface area contributed by atoms with Gasteiger partial charge in [0.05, 0.1) is 19.2 Å². The number of carbonyl (C=O) groups is 2. The molecule has 0 spiro atoms. The zero-order valence-electron chi connectivity index (χ0n) is 15.8. The lowest BCUT2D eigenvalue weighted by Crippen LogP contribution is -2.45. The zero-order chi connectivity index (χ0) is 21.7. The van der Waals surface area contributed by atoms with Crippen molar-refractivity contribution in [3.05, 3.63) is 47.5 Å². The van der Waals surface area contributed by atoms with E-state index >= 15 is 0 Å². The number of aliphatic hydroxyl groups is 1. The molecule has 2 amide bonds. The van der Waals surface area contributed by atoms with Crippen LogP contribution in [0.3, 0.4) is 0 Å². The lowest BCUT2D eigenvalue weighted by Gasteiger charge is -2.29. The van der Waals surface area contributed by atoms with E-state index in [1.165, 1.54) is 4.90 Å². The normalized spacial score (nSPS) is 14.7. The van der Waals surface area contributed by atoms with E-state index < -0.39 is 36.6 Å². The maximum Gasteiger partial charge on any atom is 0.451 e. The summed E-state index contributed by atoms with van der Waals surface area (Å²) in [5.41, 5.74) is 0.778. The van der Waals surface area contributed by atoms with Crippen molar-refractivity contribution in [3.63, 3.8) is 0 Å². The van der Waals surface area contributed by atoms with E-state index in [4.69, 9.17) is 4.74 Å². The van der Waals surface area contributed by atoms with E-state index in [0.29, 0.717) is 0 Å². The summed E-state index contributed by atoms with van der Waals surface area (Å²) in [6.07, 6.45) is -5.65. The number of amides is 2. The molecule has 0 unspecified atom stereocenters. The first kappa shape index (κ1) is 21.6. The number of alkyl halides is 3. The number of aliphatic hydroxyl groups excluding tert-OH is 1. The van der Waals surface area contributed by atoms with Crippen molar-refractivity contribution in [2.24, 2.45) is 0 Å². The molecular weight excluding hydrogens is 407 g/mol. The Balaban J connectivity index is 1.51. The molecule has 2 N–H and O–H groups in total. The third kappa shape index (κ3) is 5.26.